The van der Waals surface area contributed by atoms with Gasteiger partial charge in [0.25, 0.3) is 0 Å². The second-order valence-corrected chi connectivity index (χ2v) is 6.01. The van der Waals surface area contributed by atoms with Crippen LogP contribution < -0.4 is 14.9 Å². The number of nitrogens with one attached hydrogen (secondary N) is 1. The third kappa shape index (κ3) is 3.43. The average molecular weight is 327 g/mol. The predicted molar refractivity (Wildman–Crippen MR) is 95.1 cm³/mol. The van der Waals surface area contributed by atoms with E-state index in [-0.39, 0.29) is 0 Å². The first-order valence-corrected chi connectivity index (χ1v) is 7.89. The molecular weight excluding hydrogens is 310 g/mol. The highest BCUT2D eigenvalue weighted by molar-refractivity contribution is 7.22. The smallest absolute Gasteiger partial charge is 0.204 e. The standard InChI is InChI=1S/C17H17N3O2S/c1-11-4-6-13-16(8-11)23-17(19-13)20-18-10-12-5-7-14(21-2)15(9-12)22-3/h4-10H,1-3H3,(H,19,20)/b18-10+. The molecule has 0 fully saturated rings. The molecule has 5 nitrogen and oxygen atoms in total. The summed E-state index contributed by atoms with van der Waals surface area (Å²) >= 11 is 1.58. The largest absolute Gasteiger partial charge is 0.493 e. The Morgan fingerprint density at radius 1 is 1.09 bits per heavy atom. The number of benzene rings is 2. The van der Waals surface area contributed by atoms with E-state index in [0.29, 0.717) is 11.5 Å². The van der Waals surface area contributed by atoms with E-state index in [1.54, 1.807) is 31.8 Å². The summed E-state index contributed by atoms with van der Waals surface area (Å²) in [4.78, 5) is 4.50. The number of ether oxygens (including phenoxy) is 2. The molecule has 0 spiro atoms. The average Bonchev–Trinajstić information content (AvgIpc) is 2.96. The van der Waals surface area contributed by atoms with Crippen LogP contribution in [-0.4, -0.2) is 25.4 Å². The van der Waals surface area contributed by atoms with Gasteiger partial charge in [0.05, 0.1) is 30.7 Å². The summed E-state index contributed by atoms with van der Waals surface area (Å²) in [6.45, 7) is 2.07. The highest BCUT2D eigenvalue weighted by atomic mass is 32.1. The summed E-state index contributed by atoms with van der Waals surface area (Å²) in [6.07, 6.45) is 1.72. The van der Waals surface area contributed by atoms with E-state index in [4.69, 9.17) is 9.47 Å². The molecule has 0 bridgehead atoms. The van der Waals surface area contributed by atoms with Gasteiger partial charge in [-0.25, -0.2) is 4.98 Å². The van der Waals surface area contributed by atoms with Crippen molar-refractivity contribution < 1.29 is 9.47 Å². The van der Waals surface area contributed by atoms with Gasteiger partial charge >= 0.3 is 0 Å². The third-order valence-corrected chi connectivity index (χ3v) is 4.25. The number of methoxy groups -OCH3 is 2. The molecule has 0 amide bonds. The molecule has 3 aromatic rings. The number of hydrogen-bond acceptors (Lipinski definition) is 6. The summed E-state index contributed by atoms with van der Waals surface area (Å²) in [5.41, 5.74) is 6.08. The van der Waals surface area contributed by atoms with E-state index < -0.39 is 0 Å². The summed E-state index contributed by atoms with van der Waals surface area (Å²) in [6, 6.07) is 11.8. The fourth-order valence-corrected chi connectivity index (χ4v) is 3.09. The second kappa shape index (κ2) is 6.66. The van der Waals surface area contributed by atoms with Crippen molar-refractivity contribution in [1.82, 2.24) is 4.98 Å². The van der Waals surface area contributed by atoms with Gasteiger partial charge in [-0.3, -0.25) is 5.43 Å². The minimum atomic E-state index is 0.673. The van der Waals surface area contributed by atoms with Crippen molar-refractivity contribution >= 4 is 32.9 Å². The van der Waals surface area contributed by atoms with Crippen LogP contribution in [0.1, 0.15) is 11.1 Å². The highest BCUT2D eigenvalue weighted by Gasteiger charge is 2.04. The van der Waals surface area contributed by atoms with Crippen LogP contribution in [0.3, 0.4) is 0 Å². The molecule has 2 aromatic carbocycles. The van der Waals surface area contributed by atoms with Gasteiger partial charge in [0.2, 0.25) is 5.13 Å². The van der Waals surface area contributed by atoms with Gasteiger partial charge in [0.15, 0.2) is 11.5 Å². The Hall–Kier alpha value is -2.60. The molecule has 0 saturated heterocycles. The lowest BCUT2D eigenvalue weighted by atomic mass is 10.2. The topological polar surface area (TPSA) is 55.7 Å². The molecule has 1 aromatic heterocycles. The molecule has 1 heterocycles. The molecule has 23 heavy (non-hydrogen) atoms. The van der Waals surface area contributed by atoms with E-state index >= 15 is 0 Å². The van der Waals surface area contributed by atoms with Crippen LogP contribution in [-0.2, 0) is 0 Å². The van der Waals surface area contributed by atoms with Gasteiger partial charge in [-0.05, 0) is 48.4 Å². The molecule has 0 atom stereocenters. The van der Waals surface area contributed by atoms with Crippen molar-refractivity contribution in [2.24, 2.45) is 5.10 Å². The maximum atomic E-state index is 5.28. The lowest BCUT2D eigenvalue weighted by molar-refractivity contribution is 0.355. The quantitative estimate of drug-likeness (QED) is 0.567. The van der Waals surface area contributed by atoms with E-state index in [1.165, 1.54) is 5.56 Å². The zero-order valence-corrected chi connectivity index (χ0v) is 14.0. The number of fused-ring (bicyclic) bond motifs is 1. The van der Waals surface area contributed by atoms with Crippen molar-refractivity contribution in [2.45, 2.75) is 6.92 Å². The maximum Gasteiger partial charge on any atom is 0.204 e. The molecule has 3 rings (SSSR count). The van der Waals surface area contributed by atoms with Crippen molar-refractivity contribution in [3.63, 3.8) is 0 Å². The van der Waals surface area contributed by atoms with Crippen LogP contribution >= 0.6 is 11.3 Å². The molecule has 118 valence electrons. The molecule has 0 unspecified atom stereocenters. The summed E-state index contributed by atoms with van der Waals surface area (Å²) < 4.78 is 11.6. The molecule has 0 aliphatic rings. The van der Waals surface area contributed by atoms with Gasteiger partial charge in [-0.2, -0.15) is 5.10 Å². The number of hydrazone groups is 1. The molecule has 0 radical (unpaired) electrons. The number of aromatic nitrogens is 1. The minimum Gasteiger partial charge on any atom is -0.493 e. The first-order chi connectivity index (χ1) is 11.2. The van der Waals surface area contributed by atoms with Crippen LogP contribution in [0.4, 0.5) is 5.13 Å². The number of thiazole rings is 1. The fraction of sp³-hybridized carbons (Fsp3) is 0.176. The summed E-state index contributed by atoms with van der Waals surface area (Å²) in [5.74, 6) is 1.37. The van der Waals surface area contributed by atoms with E-state index in [0.717, 1.165) is 20.9 Å². The van der Waals surface area contributed by atoms with Crippen LogP contribution in [0.2, 0.25) is 0 Å². The lowest BCUT2D eigenvalue weighted by Crippen LogP contribution is -1.93. The zero-order valence-electron chi connectivity index (χ0n) is 13.2. The molecular formula is C17H17N3O2S. The molecule has 0 saturated carbocycles. The zero-order chi connectivity index (χ0) is 16.2. The van der Waals surface area contributed by atoms with Crippen molar-refractivity contribution in [1.29, 1.82) is 0 Å². The van der Waals surface area contributed by atoms with Gasteiger partial charge in [-0.1, -0.05) is 17.4 Å². The van der Waals surface area contributed by atoms with Crippen LogP contribution in [0.25, 0.3) is 10.2 Å². The monoisotopic (exact) mass is 327 g/mol. The number of rotatable bonds is 5. The van der Waals surface area contributed by atoms with Gasteiger partial charge < -0.3 is 9.47 Å². The first-order valence-electron chi connectivity index (χ1n) is 7.08. The maximum absolute atomic E-state index is 5.28. The molecule has 6 heteroatoms. The lowest BCUT2D eigenvalue weighted by Gasteiger charge is -2.07. The van der Waals surface area contributed by atoms with E-state index in [2.05, 4.69) is 34.6 Å². The molecule has 0 aliphatic carbocycles. The normalized spacial score (nSPS) is 11.1. The van der Waals surface area contributed by atoms with Crippen LogP contribution in [0, 0.1) is 6.92 Å². The van der Waals surface area contributed by atoms with Crippen LogP contribution in [0.5, 0.6) is 11.5 Å². The van der Waals surface area contributed by atoms with E-state index in [1.807, 2.05) is 24.3 Å². The Balaban J connectivity index is 1.74. The van der Waals surface area contributed by atoms with Gasteiger partial charge in [0, 0.05) is 0 Å². The summed E-state index contributed by atoms with van der Waals surface area (Å²) in [5, 5.41) is 5.00. The third-order valence-electron chi connectivity index (χ3n) is 3.33. The predicted octanol–water partition coefficient (Wildman–Crippen LogP) is 4.07. The van der Waals surface area contributed by atoms with E-state index in [9.17, 15) is 0 Å². The molecule has 1 N–H and O–H groups in total. The van der Waals surface area contributed by atoms with Crippen molar-refractivity contribution in [3.8, 4) is 11.5 Å². The Morgan fingerprint density at radius 3 is 2.70 bits per heavy atom. The highest BCUT2D eigenvalue weighted by Crippen LogP contribution is 2.28. The van der Waals surface area contributed by atoms with Gasteiger partial charge in [-0.15, -0.1) is 0 Å². The van der Waals surface area contributed by atoms with Crippen LogP contribution in [0.15, 0.2) is 41.5 Å². The number of aryl methyl sites for hydroxylation is 1. The number of hydrogen-bond donors (Lipinski definition) is 1. The van der Waals surface area contributed by atoms with Crippen molar-refractivity contribution in [3.05, 3.63) is 47.5 Å². The second-order valence-electron chi connectivity index (χ2n) is 4.97. The van der Waals surface area contributed by atoms with Crippen molar-refractivity contribution in [2.75, 3.05) is 19.6 Å². The Bertz CT molecular complexity index is 858. The Labute approximate surface area is 138 Å². The molecule has 0 aliphatic heterocycles. The minimum absolute atomic E-state index is 0.673. The number of anilines is 1. The fourth-order valence-electron chi connectivity index (χ4n) is 2.17. The SMILES string of the molecule is COc1ccc(/C=N/Nc2nc3ccc(C)cc3s2)cc1OC. The number of nitrogens with zero attached hydrogens (tertiary/aromatic N) is 2. The Morgan fingerprint density at radius 2 is 1.91 bits per heavy atom. The Kier molecular flexibility index (Phi) is 4.43. The summed E-state index contributed by atoms with van der Waals surface area (Å²) in [7, 11) is 3.22. The first kappa shape index (κ1) is 15.3. The van der Waals surface area contributed by atoms with Gasteiger partial charge in [0.1, 0.15) is 0 Å².